The van der Waals surface area contributed by atoms with Crippen LogP contribution >= 0.6 is 31.9 Å². The molecule has 18 heavy (non-hydrogen) atoms. The number of halogens is 2. The summed E-state index contributed by atoms with van der Waals surface area (Å²) in [6.07, 6.45) is 3.62. The Kier molecular flexibility index (Phi) is 5.21. The summed E-state index contributed by atoms with van der Waals surface area (Å²) in [7, 11) is 0. The summed E-state index contributed by atoms with van der Waals surface area (Å²) >= 11 is 6.78. The van der Waals surface area contributed by atoms with Crippen molar-refractivity contribution < 1.29 is 4.79 Å². The van der Waals surface area contributed by atoms with E-state index in [1.165, 1.54) is 12.8 Å². The van der Waals surface area contributed by atoms with Crippen LogP contribution in [0.1, 0.15) is 29.6 Å². The molecule has 1 aromatic carbocycles. The van der Waals surface area contributed by atoms with E-state index < -0.39 is 0 Å². The number of carbonyl (C=O) groups excluding carboxylic acids is 1. The van der Waals surface area contributed by atoms with E-state index in [0.717, 1.165) is 21.9 Å². The van der Waals surface area contributed by atoms with Crippen molar-refractivity contribution in [1.82, 2.24) is 10.6 Å². The van der Waals surface area contributed by atoms with Crippen molar-refractivity contribution >= 4 is 37.8 Å². The summed E-state index contributed by atoms with van der Waals surface area (Å²) in [5, 5.41) is 6.40. The third kappa shape index (κ3) is 3.80. The van der Waals surface area contributed by atoms with Gasteiger partial charge in [-0.3, -0.25) is 4.79 Å². The molecule has 3 nitrogen and oxygen atoms in total. The predicted molar refractivity (Wildman–Crippen MR) is 79.8 cm³/mol. The highest BCUT2D eigenvalue weighted by Crippen LogP contribution is 2.21. The quantitative estimate of drug-likeness (QED) is 0.852. The minimum absolute atomic E-state index is 0.0319. The van der Waals surface area contributed by atoms with Crippen LogP contribution in [0.25, 0.3) is 0 Å². The Morgan fingerprint density at radius 1 is 1.39 bits per heavy atom. The molecule has 0 aliphatic carbocycles. The molecule has 2 N–H and O–H groups in total. The second kappa shape index (κ2) is 6.68. The number of benzene rings is 1. The number of hydrogen-bond acceptors (Lipinski definition) is 2. The van der Waals surface area contributed by atoms with E-state index in [1.54, 1.807) is 0 Å². The van der Waals surface area contributed by atoms with E-state index in [9.17, 15) is 4.79 Å². The molecule has 1 saturated heterocycles. The molecule has 1 amide bonds. The van der Waals surface area contributed by atoms with Gasteiger partial charge in [-0.15, -0.1) is 0 Å². The van der Waals surface area contributed by atoms with E-state index in [0.29, 0.717) is 18.2 Å². The summed E-state index contributed by atoms with van der Waals surface area (Å²) in [6, 6.07) is 6.02. The Morgan fingerprint density at radius 2 is 2.22 bits per heavy atom. The second-order valence-corrected chi connectivity index (χ2v) is 6.25. The lowest BCUT2D eigenvalue weighted by molar-refractivity contribution is 0.0947. The Labute approximate surface area is 124 Å². The fourth-order valence-corrected chi connectivity index (χ4v) is 2.87. The molecule has 1 aliphatic rings. The summed E-state index contributed by atoms with van der Waals surface area (Å²) in [6.45, 7) is 1.75. The average Bonchev–Trinajstić information content (AvgIpc) is 2.40. The van der Waals surface area contributed by atoms with Gasteiger partial charge in [-0.2, -0.15) is 0 Å². The number of piperidine rings is 1. The monoisotopic (exact) mass is 374 g/mol. The number of carbonyl (C=O) groups is 1. The molecule has 0 bridgehead atoms. The van der Waals surface area contributed by atoms with Gasteiger partial charge in [0.15, 0.2) is 0 Å². The first-order chi connectivity index (χ1) is 8.66. The zero-order chi connectivity index (χ0) is 13.0. The van der Waals surface area contributed by atoms with Crippen LogP contribution in [0, 0.1) is 0 Å². The van der Waals surface area contributed by atoms with Crippen LogP contribution < -0.4 is 10.6 Å². The fraction of sp³-hybridized carbons (Fsp3) is 0.462. The molecule has 1 fully saturated rings. The molecule has 1 heterocycles. The predicted octanol–water partition coefficient (Wildman–Crippen LogP) is 3.08. The van der Waals surface area contributed by atoms with Crippen molar-refractivity contribution in [3.8, 4) is 0 Å². The Hall–Kier alpha value is -0.390. The van der Waals surface area contributed by atoms with Gasteiger partial charge in [-0.1, -0.05) is 22.4 Å². The Balaban J connectivity index is 1.92. The van der Waals surface area contributed by atoms with Gasteiger partial charge in [-0.05, 0) is 53.5 Å². The van der Waals surface area contributed by atoms with Crippen LogP contribution in [0.5, 0.6) is 0 Å². The molecular formula is C13H16Br2N2O. The van der Waals surface area contributed by atoms with Crippen molar-refractivity contribution in [1.29, 1.82) is 0 Å². The van der Waals surface area contributed by atoms with Crippen LogP contribution in [0.15, 0.2) is 27.1 Å². The maximum atomic E-state index is 12.1. The number of nitrogens with one attached hydrogen (secondary N) is 2. The molecular weight excluding hydrogens is 360 g/mol. The number of rotatable bonds is 3. The Morgan fingerprint density at radius 3 is 2.94 bits per heavy atom. The lowest BCUT2D eigenvalue weighted by Crippen LogP contribution is -2.43. The van der Waals surface area contributed by atoms with E-state index >= 15 is 0 Å². The zero-order valence-electron chi connectivity index (χ0n) is 10.0. The van der Waals surface area contributed by atoms with Gasteiger partial charge in [0.1, 0.15) is 0 Å². The maximum absolute atomic E-state index is 12.1. The van der Waals surface area contributed by atoms with E-state index in [1.807, 2.05) is 18.2 Å². The standard InChI is InChI=1S/C13H16Br2N2O/c14-9-4-5-12(15)11(7-9)13(18)17-8-10-3-1-2-6-16-10/h4-5,7,10,16H,1-3,6,8H2,(H,17,18). The maximum Gasteiger partial charge on any atom is 0.252 e. The van der Waals surface area contributed by atoms with Gasteiger partial charge < -0.3 is 10.6 Å². The van der Waals surface area contributed by atoms with E-state index in [2.05, 4.69) is 42.5 Å². The molecule has 1 aliphatic heterocycles. The van der Waals surface area contributed by atoms with Crippen molar-refractivity contribution in [3.63, 3.8) is 0 Å². The van der Waals surface area contributed by atoms with Crippen molar-refractivity contribution in [2.45, 2.75) is 25.3 Å². The number of amides is 1. The molecule has 0 saturated carbocycles. The third-order valence-corrected chi connectivity index (χ3v) is 4.28. The highest BCUT2D eigenvalue weighted by molar-refractivity contribution is 9.11. The first-order valence-electron chi connectivity index (χ1n) is 6.13. The molecule has 1 atom stereocenters. The SMILES string of the molecule is O=C(NCC1CCCCN1)c1cc(Br)ccc1Br. The lowest BCUT2D eigenvalue weighted by atomic mass is 10.1. The first-order valence-corrected chi connectivity index (χ1v) is 7.72. The Bertz CT molecular complexity index is 431. The largest absolute Gasteiger partial charge is 0.350 e. The fourth-order valence-electron chi connectivity index (χ4n) is 2.08. The molecule has 5 heteroatoms. The van der Waals surface area contributed by atoms with E-state index in [-0.39, 0.29) is 5.91 Å². The zero-order valence-corrected chi connectivity index (χ0v) is 13.2. The van der Waals surface area contributed by atoms with Gasteiger partial charge in [0.05, 0.1) is 5.56 Å². The highest BCUT2D eigenvalue weighted by Gasteiger charge is 2.15. The van der Waals surface area contributed by atoms with Crippen LogP contribution in [-0.4, -0.2) is 25.0 Å². The van der Waals surface area contributed by atoms with Crippen LogP contribution in [0.4, 0.5) is 0 Å². The van der Waals surface area contributed by atoms with Crippen LogP contribution in [-0.2, 0) is 0 Å². The van der Waals surface area contributed by atoms with E-state index in [4.69, 9.17) is 0 Å². The second-order valence-electron chi connectivity index (χ2n) is 4.48. The van der Waals surface area contributed by atoms with Crippen molar-refractivity contribution in [2.24, 2.45) is 0 Å². The molecule has 0 aromatic heterocycles. The summed E-state index contributed by atoms with van der Waals surface area (Å²) in [5.41, 5.74) is 0.667. The highest BCUT2D eigenvalue weighted by atomic mass is 79.9. The van der Waals surface area contributed by atoms with Crippen molar-refractivity contribution in [2.75, 3.05) is 13.1 Å². The number of hydrogen-bond donors (Lipinski definition) is 2. The third-order valence-electron chi connectivity index (χ3n) is 3.09. The molecule has 98 valence electrons. The summed E-state index contributed by atoms with van der Waals surface area (Å²) in [5.74, 6) is -0.0319. The summed E-state index contributed by atoms with van der Waals surface area (Å²) in [4.78, 5) is 12.1. The molecule has 0 spiro atoms. The topological polar surface area (TPSA) is 41.1 Å². The van der Waals surface area contributed by atoms with Gasteiger partial charge in [-0.25, -0.2) is 0 Å². The van der Waals surface area contributed by atoms with Crippen LogP contribution in [0.3, 0.4) is 0 Å². The average molecular weight is 376 g/mol. The minimum atomic E-state index is -0.0319. The van der Waals surface area contributed by atoms with Gasteiger partial charge >= 0.3 is 0 Å². The summed E-state index contributed by atoms with van der Waals surface area (Å²) < 4.78 is 1.73. The van der Waals surface area contributed by atoms with Gasteiger partial charge in [0, 0.05) is 21.5 Å². The lowest BCUT2D eigenvalue weighted by Gasteiger charge is -2.23. The molecule has 1 aromatic rings. The first kappa shape index (κ1) is 14.0. The molecule has 2 rings (SSSR count). The minimum Gasteiger partial charge on any atom is -0.350 e. The van der Waals surface area contributed by atoms with Gasteiger partial charge in [0.2, 0.25) is 0 Å². The van der Waals surface area contributed by atoms with Gasteiger partial charge in [0.25, 0.3) is 5.91 Å². The normalized spacial score (nSPS) is 19.6. The molecule has 1 unspecified atom stereocenters. The van der Waals surface area contributed by atoms with Crippen LogP contribution in [0.2, 0.25) is 0 Å². The van der Waals surface area contributed by atoms with Crippen molar-refractivity contribution in [3.05, 3.63) is 32.7 Å². The molecule has 0 radical (unpaired) electrons. The smallest absolute Gasteiger partial charge is 0.252 e.